The van der Waals surface area contributed by atoms with Crippen LogP contribution in [0.3, 0.4) is 0 Å². The SMILES string of the molecule is CCOC(=O)C1(NC)CCCC(SCC(C)CC)C1. The van der Waals surface area contributed by atoms with Gasteiger partial charge in [0, 0.05) is 5.25 Å². The van der Waals surface area contributed by atoms with Gasteiger partial charge in [-0.1, -0.05) is 20.3 Å². The summed E-state index contributed by atoms with van der Waals surface area (Å²) in [5.41, 5.74) is -0.443. The van der Waals surface area contributed by atoms with E-state index >= 15 is 0 Å². The van der Waals surface area contributed by atoms with E-state index in [2.05, 4.69) is 19.2 Å². The van der Waals surface area contributed by atoms with Crippen LogP contribution in [-0.4, -0.2) is 36.2 Å². The lowest BCUT2D eigenvalue weighted by Crippen LogP contribution is -2.54. The molecule has 1 rings (SSSR count). The van der Waals surface area contributed by atoms with Crippen LogP contribution in [0, 0.1) is 5.92 Å². The third-order valence-electron chi connectivity index (χ3n) is 4.16. The van der Waals surface area contributed by atoms with Crippen LogP contribution in [0.25, 0.3) is 0 Å². The first kappa shape index (κ1) is 16.8. The van der Waals surface area contributed by atoms with Gasteiger partial charge in [0.1, 0.15) is 5.54 Å². The molecule has 0 spiro atoms. The summed E-state index contributed by atoms with van der Waals surface area (Å²) in [6.07, 6.45) is 5.38. The summed E-state index contributed by atoms with van der Waals surface area (Å²) in [5, 5.41) is 3.83. The van der Waals surface area contributed by atoms with Crippen molar-refractivity contribution in [3.63, 3.8) is 0 Å². The normalized spacial score (nSPS) is 28.9. The monoisotopic (exact) mass is 287 g/mol. The molecule has 1 saturated carbocycles. The zero-order valence-corrected chi connectivity index (χ0v) is 13.6. The molecule has 3 atom stereocenters. The molecule has 1 aliphatic carbocycles. The van der Waals surface area contributed by atoms with E-state index in [4.69, 9.17) is 4.74 Å². The molecule has 0 heterocycles. The molecule has 0 aromatic heterocycles. The second-order valence-electron chi connectivity index (χ2n) is 5.62. The Morgan fingerprint density at radius 2 is 2.26 bits per heavy atom. The molecule has 0 aromatic rings. The molecule has 0 amide bonds. The lowest BCUT2D eigenvalue weighted by atomic mass is 9.81. The van der Waals surface area contributed by atoms with E-state index in [1.807, 2.05) is 25.7 Å². The van der Waals surface area contributed by atoms with Crippen molar-refractivity contribution < 1.29 is 9.53 Å². The van der Waals surface area contributed by atoms with Gasteiger partial charge in [-0.3, -0.25) is 4.79 Å². The van der Waals surface area contributed by atoms with Gasteiger partial charge in [0.25, 0.3) is 0 Å². The van der Waals surface area contributed by atoms with Crippen molar-refractivity contribution in [1.82, 2.24) is 5.32 Å². The predicted octanol–water partition coefficient (Wildman–Crippen LogP) is 3.23. The van der Waals surface area contributed by atoms with Crippen LogP contribution in [0.1, 0.15) is 52.9 Å². The number of nitrogens with one attached hydrogen (secondary N) is 1. The lowest BCUT2D eigenvalue weighted by molar-refractivity contribution is -0.152. The lowest BCUT2D eigenvalue weighted by Gasteiger charge is -2.38. The van der Waals surface area contributed by atoms with Crippen LogP contribution in [0.15, 0.2) is 0 Å². The molecule has 112 valence electrons. The third kappa shape index (κ3) is 4.67. The van der Waals surface area contributed by atoms with Gasteiger partial charge >= 0.3 is 5.97 Å². The van der Waals surface area contributed by atoms with E-state index in [-0.39, 0.29) is 5.97 Å². The molecule has 1 N–H and O–H groups in total. The molecule has 4 heteroatoms. The van der Waals surface area contributed by atoms with Crippen molar-refractivity contribution in [2.45, 2.75) is 63.7 Å². The zero-order valence-electron chi connectivity index (χ0n) is 12.8. The smallest absolute Gasteiger partial charge is 0.326 e. The van der Waals surface area contributed by atoms with Crippen LogP contribution in [-0.2, 0) is 9.53 Å². The van der Waals surface area contributed by atoms with Crippen LogP contribution in [0.4, 0.5) is 0 Å². The Balaban J connectivity index is 2.57. The summed E-state index contributed by atoms with van der Waals surface area (Å²) in [6, 6.07) is 0. The Hall–Kier alpha value is -0.220. The minimum Gasteiger partial charge on any atom is -0.465 e. The fourth-order valence-electron chi connectivity index (χ4n) is 2.57. The highest BCUT2D eigenvalue weighted by atomic mass is 32.2. The van der Waals surface area contributed by atoms with Crippen molar-refractivity contribution in [2.75, 3.05) is 19.4 Å². The van der Waals surface area contributed by atoms with E-state index in [1.54, 1.807) is 0 Å². The Morgan fingerprint density at radius 3 is 2.84 bits per heavy atom. The fourth-order valence-corrected chi connectivity index (χ4v) is 4.14. The Kier molecular flexibility index (Phi) is 7.22. The van der Waals surface area contributed by atoms with Crippen LogP contribution >= 0.6 is 11.8 Å². The van der Waals surface area contributed by atoms with Crippen LogP contribution in [0.5, 0.6) is 0 Å². The average Bonchev–Trinajstić information content (AvgIpc) is 2.45. The van der Waals surface area contributed by atoms with Crippen molar-refractivity contribution in [2.24, 2.45) is 5.92 Å². The van der Waals surface area contributed by atoms with Crippen LogP contribution in [0.2, 0.25) is 0 Å². The van der Waals surface area contributed by atoms with Crippen molar-refractivity contribution in [1.29, 1.82) is 0 Å². The maximum atomic E-state index is 12.2. The topological polar surface area (TPSA) is 38.3 Å². The first-order valence-corrected chi connectivity index (χ1v) is 8.60. The van der Waals surface area contributed by atoms with Gasteiger partial charge in [-0.05, 0) is 51.3 Å². The molecule has 3 unspecified atom stereocenters. The molecule has 0 bridgehead atoms. The number of carbonyl (C=O) groups is 1. The number of likely N-dealkylation sites (N-methyl/N-ethyl adjacent to an activating group) is 1. The fraction of sp³-hybridized carbons (Fsp3) is 0.933. The Labute approximate surface area is 122 Å². The third-order valence-corrected chi connectivity index (χ3v) is 5.80. The van der Waals surface area contributed by atoms with Gasteiger partial charge in [0.15, 0.2) is 0 Å². The van der Waals surface area contributed by atoms with Crippen LogP contribution < -0.4 is 5.32 Å². The van der Waals surface area contributed by atoms with Crippen molar-refractivity contribution in [3.05, 3.63) is 0 Å². The standard InChI is InChI=1S/C15H29NO2S/c1-5-12(3)11-19-13-8-7-9-15(10-13,16-4)14(17)18-6-2/h12-13,16H,5-11H2,1-4H3. The summed E-state index contributed by atoms with van der Waals surface area (Å²) < 4.78 is 5.26. The van der Waals surface area contributed by atoms with E-state index in [1.165, 1.54) is 18.6 Å². The second-order valence-corrected chi connectivity index (χ2v) is 6.95. The summed E-state index contributed by atoms with van der Waals surface area (Å²) in [6.45, 7) is 6.88. The molecule has 1 aliphatic rings. The molecular formula is C15H29NO2S. The molecular weight excluding hydrogens is 258 g/mol. The number of esters is 1. The number of thioether (sulfide) groups is 1. The maximum absolute atomic E-state index is 12.2. The van der Waals surface area contributed by atoms with Gasteiger partial charge < -0.3 is 10.1 Å². The molecule has 0 saturated heterocycles. The number of hydrogen-bond acceptors (Lipinski definition) is 4. The van der Waals surface area contributed by atoms with E-state index < -0.39 is 5.54 Å². The minimum absolute atomic E-state index is 0.0636. The van der Waals surface area contributed by atoms with Gasteiger partial charge in [-0.2, -0.15) is 11.8 Å². The first-order valence-electron chi connectivity index (χ1n) is 7.55. The summed E-state index contributed by atoms with van der Waals surface area (Å²) >= 11 is 2.04. The minimum atomic E-state index is -0.443. The number of ether oxygens (including phenoxy) is 1. The Morgan fingerprint density at radius 1 is 1.53 bits per heavy atom. The van der Waals surface area contributed by atoms with E-state index in [9.17, 15) is 4.79 Å². The zero-order chi connectivity index (χ0) is 14.3. The van der Waals surface area contributed by atoms with Gasteiger partial charge in [-0.15, -0.1) is 0 Å². The summed E-state index contributed by atoms with van der Waals surface area (Å²) in [7, 11) is 1.89. The first-order chi connectivity index (χ1) is 9.07. The number of rotatable bonds is 7. The number of carbonyl (C=O) groups excluding carboxylic acids is 1. The highest BCUT2D eigenvalue weighted by molar-refractivity contribution is 7.99. The summed E-state index contributed by atoms with van der Waals surface area (Å²) in [5.74, 6) is 1.90. The van der Waals surface area contributed by atoms with Gasteiger partial charge in [-0.25, -0.2) is 0 Å². The maximum Gasteiger partial charge on any atom is 0.326 e. The van der Waals surface area contributed by atoms with Crippen molar-refractivity contribution >= 4 is 17.7 Å². The Bertz CT molecular complexity index is 285. The summed E-state index contributed by atoms with van der Waals surface area (Å²) in [4.78, 5) is 12.2. The second kappa shape index (κ2) is 8.15. The van der Waals surface area contributed by atoms with Crippen molar-refractivity contribution in [3.8, 4) is 0 Å². The number of hydrogen-bond donors (Lipinski definition) is 1. The molecule has 19 heavy (non-hydrogen) atoms. The molecule has 0 aliphatic heterocycles. The largest absolute Gasteiger partial charge is 0.465 e. The predicted molar refractivity (Wildman–Crippen MR) is 82.6 cm³/mol. The quantitative estimate of drug-likeness (QED) is 0.730. The highest BCUT2D eigenvalue weighted by Crippen LogP contribution is 2.36. The van der Waals surface area contributed by atoms with E-state index in [0.29, 0.717) is 11.9 Å². The molecule has 3 nitrogen and oxygen atoms in total. The van der Waals surface area contributed by atoms with E-state index in [0.717, 1.165) is 25.2 Å². The highest BCUT2D eigenvalue weighted by Gasteiger charge is 2.42. The molecule has 0 aromatic carbocycles. The molecule has 1 fully saturated rings. The average molecular weight is 287 g/mol. The molecule has 0 radical (unpaired) electrons. The van der Waals surface area contributed by atoms with Gasteiger partial charge in [0.05, 0.1) is 6.61 Å². The van der Waals surface area contributed by atoms with Gasteiger partial charge in [0.2, 0.25) is 0 Å².